The summed E-state index contributed by atoms with van der Waals surface area (Å²) in [6.07, 6.45) is 2.59. The average molecular weight is 254 g/mol. The monoisotopic (exact) mass is 253 g/mol. The van der Waals surface area contributed by atoms with Gasteiger partial charge in [-0.3, -0.25) is 0 Å². The Hall–Kier alpha value is -0.780. The second-order valence-electron chi connectivity index (χ2n) is 2.84. The van der Waals surface area contributed by atoms with Gasteiger partial charge in [-0.15, -0.1) is 24.8 Å². The smallest absolute Gasteiger partial charge is 0.221 e. The standard InChI is InChI=1S/C8H15N5.2ClH/c1-13(6-2-4-9)7-3-5-11-8(10)12-7;;/h3,5H,2,4,6,9H2,1H3,(H2,10,11,12);2*1H. The molecule has 0 radical (unpaired) electrons. The Kier molecular flexibility index (Phi) is 9.46. The summed E-state index contributed by atoms with van der Waals surface area (Å²) < 4.78 is 0. The third kappa shape index (κ3) is 5.61. The maximum Gasteiger partial charge on any atom is 0.221 e. The Labute approximate surface area is 102 Å². The van der Waals surface area contributed by atoms with Crippen molar-refractivity contribution in [1.82, 2.24) is 9.97 Å². The van der Waals surface area contributed by atoms with E-state index in [9.17, 15) is 0 Å². The molecule has 1 rings (SSSR count). The lowest BCUT2D eigenvalue weighted by atomic mass is 10.4. The van der Waals surface area contributed by atoms with Crippen LogP contribution in [0.1, 0.15) is 6.42 Å². The number of rotatable bonds is 4. The molecular weight excluding hydrogens is 237 g/mol. The lowest BCUT2D eigenvalue weighted by Gasteiger charge is -2.17. The summed E-state index contributed by atoms with van der Waals surface area (Å²) in [6, 6.07) is 1.83. The number of nitrogen functional groups attached to an aromatic ring is 1. The fraction of sp³-hybridized carbons (Fsp3) is 0.500. The normalized spacial score (nSPS) is 8.67. The van der Waals surface area contributed by atoms with Crippen LogP contribution < -0.4 is 16.4 Å². The van der Waals surface area contributed by atoms with Gasteiger partial charge in [0, 0.05) is 19.8 Å². The van der Waals surface area contributed by atoms with Crippen molar-refractivity contribution in [2.45, 2.75) is 6.42 Å². The number of anilines is 2. The fourth-order valence-electron chi connectivity index (χ4n) is 1.02. The van der Waals surface area contributed by atoms with E-state index in [-0.39, 0.29) is 24.8 Å². The summed E-state index contributed by atoms with van der Waals surface area (Å²) in [6.45, 7) is 1.57. The van der Waals surface area contributed by atoms with Crippen LogP contribution >= 0.6 is 24.8 Å². The highest BCUT2D eigenvalue weighted by molar-refractivity contribution is 5.85. The van der Waals surface area contributed by atoms with Crippen LogP contribution in [0.25, 0.3) is 0 Å². The predicted molar refractivity (Wildman–Crippen MR) is 67.9 cm³/mol. The molecule has 4 N–H and O–H groups in total. The first-order valence-electron chi connectivity index (χ1n) is 4.23. The maximum absolute atomic E-state index is 5.45. The van der Waals surface area contributed by atoms with Gasteiger partial charge in [-0.25, -0.2) is 4.98 Å². The highest BCUT2D eigenvalue weighted by Crippen LogP contribution is 2.08. The second-order valence-corrected chi connectivity index (χ2v) is 2.84. The number of nitrogens with two attached hydrogens (primary N) is 2. The summed E-state index contributed by atoms with van der Waals surface area (Å²) >= 11 is 0. The molecule has 1 aromatic rings. The van der Waals surface area contributed by atoms with E-state index in [0.29, 0.717) is 12.5 Å². The minimum atomic E-state index is 0. The zero-order chi connectivity index (χ0) is 9.68. The van der Waals surface area contributed by atoms with Crippen LogP contribution in [-0.2, 0) is 0 Å². The van der Waals surface area contributed by atoms with Crippen molar-refractivity contribution in [2.75, 3.05) is 30.8 Å². The molecule has 0 saturated heterocycles. The Morgan fingerprint density at radius 2 is 2.07 bits per heavy atom. The Balaban J connectivity index is 0. The van der Waals surface area contributed by atoms with Gasteiger partial charge in [-0.2, -0.15) is 4.98 Å². The van der Waals surface area contributed by atoms with Crippen molar-refractivity contribution < 1.29 is 0 Å². The average Bonchev–Trinajstić information content (AvgIpc) is 2.14. The van der Waals surface area contributed by atoms with E-state index in [1.165, 1.54) is 0 Å². The molecule has 0 amide bonds. The van der Waals surface area contributed by atoms with Crippen LogP contribution in [0.2, 0.25) is 0 Å². The summed E-state index contributed by atoms with van der Waals surface area (Å²) in [5.74, 6) is 1.14. The van der Waals surface area contributed by atoms with E-state index in [0.717, 1.165) is 18.8 Å². The highest BCUT2D eigenvalue weighted by Gasteiger charge is 2.01. The third-order valence-electron chi connectivity index (χ3n) is 1.75. The summed E-state index contributed by atoms with van der Waals surface area (Å²) in [4.78, 5) is 9.90. The Bertz CT molecular complexity index is 271. The van der Waals surface area contributed by atoms with Gasteiger partial charge < -0.3 is 16.4 Å². The van der Waals surface area contributed by atoms with Crippen molar-refractivity contribution >= 4 is 36.6 Å². The van der Waals surface area contributed by atoms with Gasteiger partial charge in [0.2, 0.25) is 5.95 Å². The first kappa shape index (κ1) is 16.6. The van der Waals surface area contributed by atoms with Gasteiger partial charge in [0.15, 0.2) is 0 Å². The zero-order valence-corrected chi connectivity index (χ0v) is 10.2. The molecule has 0 bridgehead atoms. The number of halogens is 2. The van der Waals surface area contributed by atoms with Crippen LogP contribution in [0.5, 0.6) is 0 Å². The highest BCUT2D eigenvalue weighted by atomic mass is 35.5. The molecule has 88 valence electrons. The molecule has 15 heavy (non-hydrogen) atoms. The summed E-state index contributed by atoms with van der Waals surface area (Å²) in [5.41, 5.74) is 10.9. The SMILES string of the molecule is CN(CCCN)c1ccnc(N)n1.Cl.Cl. The minimum Gasteiger partial charge on any atom is -0.368 e. The molecule has 0 aliphatic rings. The van der Waals surface area contributed by atoms with Gasteiger partial charge in [-0.1, -0.05) is 0 Å². The fourth-order valence-corrected chi connectivity index (χ4v) is 1.02. The molecule has 0 aliphatic carbocycles. The molecule has 1 aromatic heterocycles. The summed E-state index contributed by atoms with van der Waals surface area (Å²) in [7, 11) is 1.96. The van der Waals surface area contributed by atoms with E-state index < -0.39 is 0 Å². The van der Waals surface area contributed by atoms with Gasteiger partial charge in [-0.05, 0) is 19.0 Å². The molecule has 0 aromatic carbocycles. The van der Waals surface area contributed by atoms with E-state index >= 15 is 0 Å². The minimum absolute atomic E-state index is 0. The second kappa shape index (κ2) is 8.52. The van der Waals surface area contributed by atoms with Gasteiger partial charge >= 0.3 is 0 Å². The first-order chi connectivity index (χ1) is 6.24. The van der Waals surface area contributed by atoms with Gasteiger partial charge in [0.1, 0.15) is 5.82 Å². The lowest BCUT2D eigenvalue weighted by Crippen LogP contribution is -2.22. The Morgan fingerprint density at radius 1 is 1.40 bits per heavy atom. The number of aromatic nitrogens is 2. The molecule has 0 spiro atoms. The van der Waals surface area contributed by atoms with E-state index in [1.807, 2.05) is 18.0 Å². The molecule has 0 atom stereocenters. The first-order valence-corrected chi connectivity index (χ1v) is 4.23. The van der Waals surface area contributed by atoms with Crippen molar-refractivity contribution in [1.29, 1.82) is 0 Å². The van der Waals surface area contributed by atoms with Crippen LogP contribution in [0.15, 0.2) is 12.3 Å². The zero-order valence-electron chi connectivity index (χ0n) is 8.59. The molecule has 0 fully saturated rings. The van der Waals surface area contributed by atoms with Crippen LogP contribution in [0.4, 0.5) is 11.8 Å². The third-order valence-corrected chi connectivity index (χ3v) is 1.75. The van der Waals surface area contributed by atoms with Gasteiger partial charge in [0.25, 0.3) is 0 Å². The molecule has 7 heteroatoms. The van der Waals surface area contributed by atoms with E-state index in [2.05, 4.69) is 9.97 Å². The van der Waals surface area contributed by atoms with Crippen LogP contribution in [-0.4, -0.2) is 30.1 Å². The molecule has 5 nitrogen and oxygen atoms in total. The predicted octanol–water partition coefficient (Wildman–Crippen LogP) is 0.687. The maximum atomic E-state index is 5.45. The lowest BCUT2D eigenvalue weighted by molar-refractivity contribution is 0.786. The Morgan fingerprint density at radius 3 is 2.60 bits per heavy atom. The molecular formula is C8H17Cl2N5. The number of hydrogen-bond acceptors (Lipinski definition) is 5. The number of nitrogens with zero attached hydrogens (tertiary/aromatic N) is 3. The molecule has 0 aliphatic heterocycles. The summed E-state index contributed by atoms with van der Waals surface area (Å²) in [5, 5.41) is 0. The van der Waals surface area contributed by atoms with E-state index in [4.69, 9.17) is 11.5 Å². The van der Waals surface area contributed by atoms with Crippen molar-refractivity contribution in [3.8, 4) is 0 Å². The van der Waals surface area contributed by atoms with Crippen LogP contribution in [0, 0.1) is 0 Å². The van der Waals surface area contributed by atoms with E-state index in [1.54, 1.807) is 6.20 Å². The quantitative estimate of drug-likeness (QED) is 0.826. The molecule has 0 unspecified atom stereocenters. The number of hydrogen-bond donors (Lipinski definition) is 2. The van der Waals surface area contributed by atoms with Crippen molar-refractivity contribution in [2.24, 2.45) is 5.73 Å². The van der Waals surface area contributed by atoms with Crippen LogP contribution in [0.3, 0.4) is 0 Å². The molecule has 0 saturated carbocycles. The van der Waals surface area contributed by atoms with Crippen molar-refractivity contribution in [3.63, 3.8) is 0 Å². The van der Waals surface area contributed by atoms with Crippen molar-refractivity contribution in [3.05, 3.63) is 12.3 Å². The largest absolute Gasteiger partial charge is 0.368 e. The topological polar surface area (TPSA) is 81.1 Å². The van der Waals surface area contributed by atoms with Gasteiger partial charge in [0.05, 0.1) is 0 Å². The molecule has 1 heterocycles.